The van der Waals surface area contributed by atoms with Crippen molar-refractivity contribution in [3.8, 4) is 5.75 Å². The Morgan fingerprint density at radius 1 is 1.12 bits per heavy atom. The van der Waals surface area contributed by atoms with Crippen LogP contribution in [0.5, 0.6) is 5.75 Å². The summed E-state index contributed by atoms with van der Waals surface area (Å²) < 4.78 is 38.2. The van der Waals surface area contributed by atoms with Crippen LogP contribution in [-0.2, 0) is 25.1 Å². The first kappa shape index (κ1) is 22.5. The number of benzene rings is 2. The van der Waals surface area contributed by atoms with Crippen molar-refractivity contribution in [2.45, 2.75) is 29.7 Å². The zero-order valence-electron chi connectivity index (χ0n) is 18.1. The van der Waals surface area contributed by atoms with Gasteiger partial charge in [0.2, 0.25) is 15.9 Å². The summed E-state index contributed by atoms with van der Waals surface area (Å²) in [4.78, 5) is 12.8. The molecule has 8 heteroatoms. The van der Waals surface area contributed by atoms with Crippen LogP contribution in [0.4, 0.5) is 0 Å². The smallest absolute Gasteiger partial charge is 0.246 e. The van der Waals surface area contributed by atoms with E-state index < -0.39 is 10.0 Å². The van der Waals surface area contributed by atoms with Gasteiger partial charge in [-0.3, -0.25) is 4.79 Å². The standard InChI is InChI=1S/C24H28N2O5S/c1-30-21-10-8-19(18-22(21)32(28,29)26-14-16-31-17-15-26)9-11-23(27)25-24(12-5-13-24)20-6-3-2-4-7-20/h2-4,6-11,18H,5,12-17H2,1H3,(H,25,27)/b11-9+. The van der Waals surface area contributed by atoms with Crippen molar-refractivity contribution in [2.75, 3.05) is 33.4 Å². The van der Waals surface area contributed by atoms with Gasteiger partial charge in [-0.15, -0.1) is 0 Å². The Morgan fingerprint density at radius 3 is 2.47 bits per heavy atom. The Bertz CT molecular complexity index is 1090. The van der Waals surface area contributed by atoms with Crippen molar-refractivity contribution < 1.29 is 22.7 Å². The number of sulfonamides is 1. The summed E-state index contributed by atoms with van der Waals surface area (Å²) in [5, 5.41) is 3.14. The van der Waals surface area contributed by atoms with E-state index in [1.54, 1.807) is 24.3 Å². The van der Waals surface area contributed by atoms with Crippen LogP contribution in [0, 0.1) is 0 Å². The van der Waals surface area contributed by atoms with E-state index in [1.807, 2.05) is 30.3 Å². The first-order chi connectivity index (χ1) is 15.4. The molecule has 0 radical (unpaired) electrons. The van der Waals surface area contributed by atoms with Crippen LogP contribution in [0.3, 0.4) is 0 Å². The number of hydrogen-bond donors (Lipinski definition) is 1. The molecule has 0 unspecified atom stereocenters. The predicted molar refractivity (Wildman–Crippen MR) is 122 cm³/mol. The summed E-state index contributed by atoms with van der Waals surface area (Å²) in [5.41, 5.74) is 1.39. The summed E-state index contributed by atoms with van der Waals surface area (Å²) in [5.74, 6) is 0.0672. The highest BCUT2D eigenvalue weighted by Crippen LogP contribution is 2.41. The van der Waals surface area contributed by atoms with Crippen LogP contribution in [0.2, 0.25) is 0 Å². The van der Waals surface area contributed by atoms with E-state index in [0.29, 0.717) is 31.9 Å². The molecule has 7 nitrogen and oxygen atoms in total. The van der Waals surface area contributed by atoms with Crippen LogP contribution in [-0.4, -0.2) is 52.0 Å². The maximum atomic E-state index is 13.1. The molecule has 1 amide bonds. The van der Waals surface area contributed by atoms with Crippen molar-refractivity contribution in [1.82, 2.24) is 9.62 Å². The normalized spacial score (nSPS) is 18.8. The Balaban J connectivity index is 1.53. The van der Waals surface area contributed by atoms with E-state index in [1.165, 1.54) is 17.5 Å². The molecule has 0 bridgehead atoms. The maximum Gasteiger partial charge on any atom is 0.246 e. The maximum absolute atomic E-state index is 13.1. The van der Waals surface area contributed by atoms with Gasteiger partial charge in [-0.2, -0.15) is 4.31 Å². The van der Waals surface area contributed by atoms with E-state index in [2.05, 4.69) is 5.32 Å². The highest BCUT2D eigenvalue weighted by Gasteiger charge is 2.39. The van der Waals surface area contributed by atoms with Crippen molar-refractivity contribution in [3.63, 3.8) is 0 Å². The van der Waals surface area contributed by atoms with Crippen LogP contribution in [0.1, 0.15) is 30.4 Å². The molecule has 0 atom stereocenters. The number of hydrogen-bond acceptors (Lipinski definition) is 5. The molecule has 0 spiro atoms. The van der Waals surface area contributed by atoms with Crippen molar-refractivity contribution in [2.24, 2.45) is 0 Å². The lowest BCUT2D eigenvalue weighted by molar-refractivity contribution is -0.119. The highest BCUT2D eigenvalue weighted by molar-refractivity contribution is 7.89. The van der Waals surface area contributed by atoms with Gasteiger partial charge in [-0.25, -0.2) is 8.42 Å². The molecular formula is C24H28N2O5S. The van der Waals surface area contributed by atoms with E-state index in [0.717, 1.165) is 24.8 Å². The zero-order valence-corrected chi connectivity index (χ0v) is 18.9. The number of rotatable bonds is 7. The predicted octanol–water partition coefficient (Wildman–Crippen LogP) is 2.92. The fourth-order valence-electron chi connectivity index (χ4n) is 4.15. The highest BCUT2D eigenvalue weighted by atomic mass is 32.2. The molecule has 2 fully saturated rings. The summed E-state index contributed by atoms with van der Waals surface area (Å²) in [6.45, 7) is 1.33. The topological polar surface area (TPSA) is 84.9 Å². The van der Waals surface area contributed by atoms with Gasteiger partial charge in [-0.05, 0) is 48.6 Å². The molecule has 1 saturated carbocycles. The minimum atomic E-state index is -3.73. The summed E-state index contributed by atoms with van der Waals surface area (Å²) in [6, 6.07) is 14.9. The number of ether oxygens (including phenoxy) is 2. The minimum Gasteiger partial charge on any atom is -0.495 e. The van der Waals surface area contributed by atoms with Crippen LogP contribution >= 0.6 is 0 Å². The quantitative estimate of drug-likeness (QED) is 0.648. The number of morpholine rings is 1. The lowest BCUT2D eigenvalue weighted by atomic mass is 9.72. The molecule has 170 valence electrons. The van der Waals surface area contributed by atoms with E-state index in [-0.39, 0.29) is 22.1 Å². The fraction of sp³-hybridized carbons (Fsp3) is 0.375. The molecule has 1 aliphatic heterocycles. The van der Waals surface area contributed by atoms with Gasteiger partial charge in [-0.1, -0.05) is 36.4 Å². The second-order valence-electron chi connectivity index (χ2n) is 8.05. The molecular weight excluding hydrogens is 428 g/mol. The summed E-state index contributed by atoms with van der Waals surface area (Å²) in [6.07, 6.45) is 5.96. The fourth-order valence-corrected chi connectivity index (χ4v) is 5.75. The Kier molecular flexibility index (Phi) is 6.64. The lowest BCUT2D eigenvalue weighted by Gasteiger charge is -2.42. The molecule has 4 rings (SSSR count). The minimum absolute atomic E-state index is 0.0872. The SMILES string of the molecule is COc1ccc(/C=C/C(=O)NC2(c3ccccc3)CCC2)cc1S(=O)(=O)N1CCOCC1. The second kappa shape index (κ2) is 9.44. The average Bonchev–Trinajstić information content (AvgIpc) is 2.81. The molecule has 1 aliphatic carbocycles. The third kappa shape index (κ3) is 4.57. The molecule has 1 saturated heterocycles. The van der Waals surface area contributed by atoms with Crippen molar-refractivity contribution in [1.29, 1.82) is 0 Å². The molecule has 2 aliphatic rings. The van der Waals surface area contributed by atoms with E-state index in [9.17, 15) is 13.2 Å². The third-order valence-corrected chi connectivity index (χ3v) is 8.02. The van der Waals surface area contributed by atoms with Gasteiger partial charge >= 0.3 is 0 Å². The third-order valence-electron chi connectivity index (χ3n) is 6.10. The molecule has 1 heterocycles. The Morgan fingerprint density at radius 2 is 1.84 bits per heavy atom. The number of carbonyl (C=O) groups is 1. The van der Waals surface area contributed by atoms with E-state index >= 15 is 0 Å². The number of amides is 1. The average molecular weight is 457 g/mol. The molecule has 0 aromatic heterocycles. The Hall–Kier alpha value is -2.68. The number of nitrogens with zero attached hydrogens (tertiary/aromatic N) is 1. The second-order valence-corrected chi connectivity index (χ2v) is 9.96. The lowest BCUT2D eigenvalue weighted by Crippen LogP contribution is -2.50. The van der Waals surface area contributed by atoms with Crippen molar-refractivity contribution >= 4 is 22.0 Å². The van der Waals surface area contributed by atoms with Gasteiger partial charge in [0, 0.05) is 19.2 Å². The molecule has 2 aromatic carbocycles. The molecule has 1 N–H and O–H groups in total. The summed E-state index contributed by atoms with van der Waals surface area (Å²) in [7, 11) is -2.29. The molecule has 32 heavy (non-hydrogen) atoms. The monoisotopic (exact) mass is 456 g/mol. The van der Waals surface area contributed by atoms with Gasteiger partial charge < -0.3 is 14.8 Å². The molecule has 2 aromatic rings. The number of nitrogens with one attached hydrogen (secondary N) is 1. The van der Waals surface area contributed by atoms with Gasteiger partial charge in [0.15, 0.2) is 0 Å². The van der Waals surface area contributed by atoms with Gasteiger partial charge in [0.1, 0.15) is 10.6 Å². The number of methoxy groups -OCH3 is 1. The largest absolute Gasteiger partial charge is 0.495 e. The van der Waals surface area contributed by atoms with Crippen LogP contribution in [0.25, 0.3) is 6.08 Å². The number of carbonyl (C=O) groups excluding carboxylic acids is 1. The van der Waals surface area contributed by atoms with Gasteiger partial charge in [0.05, 0.1) is 25.9 Å². The Labute approximate surface area is 189 Å². The van der Waals surface area contributed by atoms with E-state index in [4.69, 9.17) is 9.47 Å². The first-order valence-electron chi connectivity index (χ1n) is 10.8. The summed E-state index contributed by atoms with van der Waals surface area (Å²) >= 11 is 0. The van der Waals surface area contributed by atoms with Gasteiger partial charge in [0.25, 0.3) is 0 Å². The van der Waals surface area contributed by atoms with Crippen LogP contribution in [0.15, 0.2) is 59.5 Å². The van der Waals surface area contributed by atoms with Crippen molar-refractivity contribution in [3.05, 3.63) is 65.7 Å². The zero-order chi connectivity index (χ0) is 22.6. The first-order valence-corrected chi connectivity index (χ1v) is 12.2. The van der Waals surface area contributed by atoms with Crippen LogP contribution < -0.4 is 10.1 Å².